The normalized spacial score (nSPS) is 11.1. The summed E-state index contributed by atoms with van der Waals surface area (Å²) in [6.07, 6.45) is 0.774. The number of rotatable bonds is 10. The summed E-state index contributed by atoms with van der Waals surface area (Å²) in [5.74, 6) is -0.412. The Morgan fingerprint density at radius 1 is 0.771 bits per heavy atom. The van der Waals surface area contributed by atoms with Crippen molar-refractivity contribution in [2.24, 2.45) is 0 Å². The van der Waals surface area contributed by atoms with Crippen molar-refractivity contribution < 1.29 is 23.1 Å². The van der Waals surface area contributed by atoms with E-state index in [1.165, 1.54) is 24.3 Å². The maximum absolute atomic E-state index is 12.9. The van der Waals surface area contributed by atoms with Crippen molar-refractivity contribution in [2.75, 3.05) is 4.72 Å². The van der Waals surface area contributed by atoms with Crippen LogP contribution in [-0.4, -0.2) is 19.5 Å². The van der Waals surface area contributed by atoms with Crippen LogP contribution in [0.3, 0.4) is 0 Å². The van der Waals surface area contributed by atoms with Gasteiger partial charge < -0.3 is 9.84 Å². The van der Waals surface area contributed by atoms with Gasteiger partial charge in [0.1, 0.15) is 12.4 Å². The molecule has 0 aliphatic carbocycles. The molecule has 178 valence electrons. The van der Waals surface area contributed by atoms with Gasteiger partial charge in [0.25, 0.3) is 10.0 Å². The Kier molecular flexibility index (Phi) is 7.48. The molecule has 0 amide bonds. The van der Waals surface area contributed by atoms with Gasteiger partial charge in [-0.2, -0.15) is 0 Å². The first-order valence-corrected chi connectivity index (χ1v) is 12.6. The van der Waals surface area contributed by atoms with Gasteiger partial charge in [0.15, 0.2) is 0 Å². The van der Waals surface area contributed by atoms with Crippen molar-refractivity contribution in [3.05, 3.63) is 125 Å². The van der Waals surface area contributed by atoms with E-state index in [1.54, 1.807) is 24.3 Å². The fourth-order valence-electron chi connectivity index (χ4n) is 3.80. The Bertz CT molecular complexity index is 1400. The molecule has 4 aromatic rings. The number of aromatic carboxylic acids is 1. The maximum atomic E-state index is 12.9. The second-order valence-corrected chi connectivity index (χ2v) is 9.62. The molecule has 0 saturated carbocycles. The Morgan fingerprint density at radius 2 is 1.43 bits per heavy atom. The van der Waals surface area contributed by atoms with Crippen LogP contribution in [-0.2, 0) is 29.5 Å². The summed E-state index contributed by atoms with van der Waals surface area (Å²) in [4.78, 5) is 12.0. The SMILES string of the molecule is O=C(O)c1cccc(NS(=O)(=O)c2ccccc2)c1CCc1ccccc1OCc1ccccc1. The molecule has 0 saturated heterocycles. The summed E-state index contributed by atoms with van der Waals surface area (Å²) in [6, 6.07) is 30.0. The van der Waals surface area contributed by atoms with Crippen molar-refractivity contribution in [3.63, 3.8) is 0 Å². The number of anilines is 1. The van der Waals surface area contributed by atoms with Crippen molar-refractivity contribution in [2.45, 2.75) is 24.3 Å². The lowest BCUT2D eigenvalue weighted by Crippen LogP contribution is -2.16. The van der Waals surface area contributed by atoms with E-state index in [1.807, 2.05) is 54.6 Å². The maximum Gasteiger partial charge on any atom is 0.336 e. The third-order valence-corrected chi connectivity index (χ3v) is 6.94. The lowest BCUT2D eigenvalue weighted by molar-refractivity contribution is 0.0695. The monoisotopic (exact) mass is 487 g/mol. The molecule has 0 atom stereocenters. The molecule has 0 radical (unpaired) electrons. The number of carbonyl (C=O) groups is 1. The zero-order valence-electron chi connectivity index (χ0n) is 18.9. The molecule has 0 fully saturated rings. The minimum atomic E-state index is -3.88. The van der Waals surface area contributed by atoms with E-state index in [2.05, 4.69) is 4.72 Å². The van der Waals surface area contributed by atoms with Crippen LogP contribution in [0.15, 0.2) is 108 Å². The second-order valence-electron chi connectivity index (χ2n) is 7.94. The largest absolute Gasteiger partial charge is 0.489 e. The van der Waals surface area contributed by atoms with Crippen LogP contribution in [0.4, 0.5) is 5.69 Å². The second kappa shape index (κ2) is 10.9. The lowest BCUT2D eigenvalue weighted by atomic mass is 9.97. The van der Waals surface area contributed by atoms with Gasteiger partial charge in [-0.3, -0.25) is 4.72 Å². The van der Waals surface area contributed by atoms with Gasteiger partial charge in [0.2, 0.25) is 0 Å². The molecule has 4 aromatic carbocycles. The number of ether oxygens (including phenoxy) is 1. The number of hydrogen-bond donors (Lipinski definition) is 2. The highest BCUT2D eigenvalue weighted by Crippen LogP contribution is 2.27. The van der Waals surface area contributed by atoms with E-state index in [9.17, 15) is 18.3 Å². The molecule has 6 nitrogen and oxygen atoms in total. The Balaban J connectivity index is 1.58. The van der Waals surface area contributed by atoms with Gasteiger partial charge in [-0.1, -0.05) is 72.8 Å². The average molecular weight is 488 g/mol. The van der Waals surface area contributed by atoms with Gasteiger partial charge >= 0.3 is 5.97 Å². The molecule has 2 N–H and O–H groups in total. The van der Waals surface area contributed by atoms with Crippen molar-refractivity contribution in [3.8, 4) is 5.75 Å². The Morgan fingerprint density at radius 3 is 2.14 bits per heavy atom. The van der Waals surface area contributed by atoms with Crippen LogP contribution in [0.25, 0.3) is 0 Å². The van der Waals surface area contributed by atoms with E-state index in [-0.39, 0.29) is 16.1 Å². The van der Waals surface area contributed by atoms with Gasteiger partial charge in [-0.25, -0.2) is 13.2 Å². The minimum absolute atomic E-state index is 0.0564. The number of para-hydroxylation sites is 1. The first-order valence-electron chi connectivity index (χ1n) is 11.1. The van der Waals surface area contributed by atoms with E-state index in [0.29, 0.717) is 30.8 Å². The van der Waals surface area contributed by atoms with Crippen molar-refractivity contribution in [1.82, 2.24) is 0 Å². The van der Waals surface area contributed by atoms with Gasteiger partial charge in [-0.05, 0) is 59.9 Å². The van der Waals surface area contributed by atoms with Crippen LogP contribution >= 0.6 is 0 Å². The molecule has 0 aliphatic rings. The molecule has 0 heterocycles. The van der Waals surface area contributed by atoms with Crippen LogP contribution < -0.4 is 9.46 Å². The number of benzene rings is 4. The predicted molar refractivity (Wildman–Crippen MR) is 135 cm³/mol. The molecule has 0 aliphatic heterocycles. The average Bonchev–Trinajstić information content (AvgIpc) is 2.88. The van der Waals surface area contributed by atoms with Crippen LogP contribution in [0.2, 0.25) is 0 Å². The highest BCUT2D eigenvalue weighted by atomic mass is 32.2. The number of aryl methyl sites for hydroxylation is 1. The molecule has 35 heavy (non-hydrogen) atoms. The zero-order valence-corrected chi connectivity index (χ0v) is 19.7. The zero-order chi connectivity index (χ0) is 24.7. The number of carboxylic acid groups (broad SMARTS) is 1. The van der Waals surface area contributed by atoms with E-state index in [0.717, 1.165) is 11.1 Å². The standard InChI is InChI=1S/C28H25NO5S/c30-28(31)25-15-9-16-26(29-35(32,33)23-13-5-2-6-14-23)24(25)19-18-22-12-7-8-17-27(22)34-20-21-10-3-1-4-11-21/h1-17,29H,18-20H2,(H,30,31). The molecule has 0 unspecified atom stereocenters. The predicted octanol–water partition coefficient (Wildman–Crippen LogP) is 5.55. The quantitative estimate of drug-likeness (QED) is 0.306. The number of sulfonamides is 1. The van der Waals surface area contributed by atoms with Crippen molar-refractivity contribution in [1.29, 1.82) is 0 Å². The summed E-state index contributed by atoms with van der Waals surface area (Å²) in [7, 11) is -3.88. The summed E-state index contributed by atoms with van der Waals surface area (Å²) in [5.41, 5.74) is 2.66. The Labute approximate surface area is 204 Å². The smallest absolute Gasteiger partial charge is 0.336 e. The fourth-order valence-corrected chi connectivity index (χ4v) is 4.92. The van der Waals surface area contributed by atoms with Gasteiger partial charge in [0.05, 0.1) is 16.1 Å². The third kappa shape index (κ3) is 6.07. The van der Waals surface area contributed by atoms with Crippen LogP contribution in [0.5, 0.6) is 5.75 Å². The minimum Gasteiger partial charge on any atom is -0.489 e. The highest BCUT2D eigenvalue weighted by molar-refractivity contribution is 7.92. The van der Waals surface area contributed by atoms with E-state index >= 15 is 0 Å². The molecule has 0 bridgehead atoms. The van der Waals surface area contributed by atoms with Crippen molar-refractivity contribution >= 4 is 21.7 Å². The first kappa shape index (κ1) is 24.0. The third-order valence-electron chi connectivity index (χ3n) is 5.56. The van der Waals surface area contributed by atoms with Gasteiger partial charge in [0, 0.05) is 0 Å². The molecule has 7 heteroatoms. The number of carboxylic acids is 1. The summed E-state index contributed by atoms with van der Waals surface area (Å²) in [5, 5.41) is 9.77. The molecule has 0 aromatic heterocycles. The number of hydrogen-bond acceptors (Lipinski definition) is 4. The summed E-state index contributed by atoms with van der Waals surface area (Å²) in [6.45, 7) is 0.408. The Hall–Kier alpha value is -4.10. The van der Waals surface area contributed by atoms with Gasteiger partial charge in [-0.15, -0.1) is 0 Å². The van der Waals surface area contributed by atoms with Crippen LogP contribution in [0, 0.1) is 0 Å². The summed E-state index contributed by atoms with van der Waals surface area (Å²) >= 11 is 0. The fraction of sp³-hybridized carbons (Fsp3) is 0.107. The first-order chi connectivity index (χ1) is 16.9. The molecule has 4 rings (SSSR count). The number of nitrogens with one attached hydrogen (secondary N) is 1. The molecular weight excluding hydrogens is 462 g/mol. The van der Waals surface area contributed by atoms with Crippen LogP contribution in [0.1, 0.15) is 27.0 Å². The molecular formula is C28H25NO5S. The highest BCUT2D eigenvalue weighted by Gasteiger charge is 2.20. The topological polar surface area (TPSA) is 92.7 Å². The van der Waals surface area contributed by atoms with E-state index in [4.69, 9.17) is 4.74 Å². The van der Waals surface area contributed by atoms with E-state index < -0.39 is 16.0 Å². The lowest BCUT2D eigenvalue weighted by Gasteiger charge is -2.16. The summed E-state index contributed by atoms with van der Waals surface area (Å²) < 4.78 is 34.4. The molecule has 0 spiro atoms.